The lowest BCUT2D eigenvalue weighted by Crippen LogP contribution is -1.86. The first-order valence-corrected chi connectivity index (χ1v) is 5.04. The molecule has 76 valence electrons. The number of hydrogen-bond donors (Lipinski definition) is 1. The Hall–Kier alpha value is -1.25. The second kappa shape index (κ2) is 4.09. The highest BCUT2D eigenvalue weighted by molar-refractivity contribution is 6.39. The Morgan fingerprint density at radius 3 is 2.27 bits per heavy atom. The van der Waals surface area contributed by atoms with Gasteiger partial charge in [0.1, 0.15) is 11.4 Å². The largest absolute Gasteiger partial charge is 0.506 e. The van der Waals surface area contributed by atoms with E-state index in [9.17, 15) is 5.11 Å². The summed E-state index contributed by atoms with van der Waals surface area (Å²) in [5.41, 5.74) is 0.951. The Morgan fingerprint density at radius 1 is 1.00 bits per heavy atom. The van der Waals surface area contributed by atoms with E-state index in [2.05, 4.69) is 4.98 Å². The Kier molecular flexibility index (Phi) is 2.80. The van der Waals surface area contributed by atoms with Crippen LogP contribution in [-0.4, -0.2) is 10.1 Å². The van der Waals surface area contributed by atoms with Gasteiger partial charge in [0.2, 0.25) is 0 Å². The van der Waals surface area contributed by atoms with Gasteiger partial charge < -0.3 is 5.11 Å². The Morgan fingerprint density at radius 2 is 1.67 bits per heavy atom. The van der Waals surface area contributed by atoms with Gasteiger partial charge in [0.05, 0.1) is 10.0 Å². The van der Waals surface area contributed by atoms with Crippen LogP contribution in [0.25, 0.3) is 11.3 Å². The van der Waals surface area contributed by atoms with Gasteiger partial charge in [-0.3, -0.25) is 4.98 Å². The van der Waals surface area contributed by atoms with Crippen LogP contribution in [-0.2, 0) is 0 Å². The first kappa shape index (κ1) is 10.3. The lowest BCUT2D eigenvalue weighted by molar-refractivity contribution is 0.475. The van der Waals surface area contributed by atoms with Gasteiger partial charge in [-0.1, -0.05) is 29.3 Å². The minimum Gasteiger partial charge on any atom is -0.506 e. The molecule has 0 atom stereocenters. The number of benzene rings is 1. The van der Waals surface area contributed by atoms with Crippen molar-refractivity contribution in [2.75, 3.05) is 0 Å². The van der Waals surface area contributed by atoms with Crippen LogP contribution < -0.4 is 0 Å². The molecule has 0 aliphatic rings. The Balaban J connectivity index is 2.69. The molecule has 0 radical (unpaired) electrons. The third kappa shape index (κ3) is 1.91. The number of halogens is 2. The second-order valence-electron chi connectivity index (χ2n) is 2.97. The summed E-state index contributed by atoms with van der Waals surface area (Å²) in [4.78, 5) is 4.05. The van der Waals surface area contributed by atoms with Gasteiger partial charge in [0.25, 0.3) is 0 Å². The first-order chi connectivity index (χ1) is 7.20. The highest BCUT2D eigenvalue weighted by atomic mass is 35.5. The predicted octanol–water partition coefficient (Wildman–Crippen LogP) is 3.76. The van der Waals surface area contributed by atoms with Crippen molar-refractivity contribution < 1.29 is 5.11 Å². The number of nitrogens with zero attached hydrogens (tertiary/aromatic N) is 1. The van der Waals surface area contributed by atoms with E-state index in [4.69, 9.17) is 23.2 Å². The molecule has 0 saturated heterocycles. The van der Waals surface area contributed by atoms with Crippen molar-refractivity contribution in [2.45, 2.75) is 0 Å². The lowest BCUT2D eigenvalue weighted by atomic mass is 10.1. The van der Waals surface area contributed by atoms with Gasteiger partial charge >= 0.3 is 0 Å². The van der Waals surface area contributed by atoms with E-state index >= 15 is 0 Å². The van der Waals surface area contributed by atoms with Crippen molar-refractivity contribution in [3.8, 4) is 17.0 Å². The molecule has 2 aromatic rings. The molecule has 0 spiro atoms. The van der Waals surface area contributed by atoms with Crippen LogP contribution in [0.4, 0.5) is 0 Å². The summed E-state index contributed by atoms with van der Waals surface area (Å²) in [5.74, 6) is 0.0625. The van der Waals surface area contributed by atoms with Crippen molar-refractivity contribution in [1.29, 1.82) is 0 Å². The van der Waals surface area contributed by atoms with E-state index in [0.717, 1.165) is 0 Å². The van der Waals surface area contributed by atoms with Gasteiger partial charge in [0.15, 0.2) is 0 Å². The number of hydrogen-bond acceptors (Lipinski definition) is 2. The molecule has 0 aliphatic carbocycles. The average Bonchev–Trinajstić information content (AvgIpc) is 2.20. The quantitative estimate of drug-likeness (QED) is 0.823. The third-order valence-electron chi connectivity index (χ3n) is 1.99. The van der Waals surface area contributed by atoms with E-state index in [-0.39, 0.29) is 5.75 Å². The summed E-state index contributed by atoms with van der Waals surface area (Å²) in [5, 5.41) is 10.6. The molecule has 0 saturated carbocycles. The molecule has 0 fully saturated rings. The average molecular weight is 240 g/mol. The van der Waals surface area contributed by atoms with Crippen molar-refractivity contribution in [3.05, 3.63) is 46.6 Å². The van der Waals surface area contributed by atoms with Gasteiger partial charge in [0, 0.05) is 11.8 Å². The van der Waals surface area contributed by atoms with Crippen LogP contribution >= 0.6 is 23.2 Å². The van der Waals surface area contributed by atoms with E-state index in [1.807, 2.05) is 0 Å². The summed E-state index contributed by atoms with van der Waals surface area (Å²) < 4.78 is 0. The van der Waals surface area contributed by atoms with E-state index in [1.165, 1.54) is 0 Å². The molecule has 0 unspecified atom stereocenters. The van der Waals surface area contributed by atoms with Crippen molar-refractivity contribution in [3.63, 3.8) is 0 Å². The molecule has 4 heteroatoms. The van der Waals surface area contributed by atoms with Crippen LogP contribution in [0.5, 0.6) is 5.75 Å². The summed E-state index contributed by atoms with van der Waals surface area (Å²) in [6.07, 6.45) is 1.58. The number of rotatable bonds is 1. The van der Waals surface area contributed by atoms with E-state index in [0.29, 0.717) is 21.3 Å². The van der Waals surface area contributed by atoms with Crippen molar-refractivity contribution in [1.82, 2.24) is 4.98 Å². The second-order valence-corrected chi connectivity index (χ2v) is 3.78. The van der Waals surface area contributed by atoms with Gasteiger partial charge in [-0.15, -0.1) is 0 Å². The summed E-state index contributed by atoms with van der Waals surface area (Å²) in [6.45, 7) is 0. The molecule has 0 amide bonds. The highest BCUT2D eigenvalue weighted by Crippen LogP contribution is 2.37. The first-order valence-electron chi connectivity index (χ1n) is 4.28. The van der Waals surface area contributed by atoms with Gasteiger partial charge in [-0.2, -0.15) is 0 Å². The molecular formula is C11H7Cl2NO. The van der Waals surface area contributed by atoms with E-state index in [1.54, 1.807) is 36.5 Å². The fourth-order valence-corrected chi connectivity index (χ4v) is 1.89. The zero-order valence-corrected chi connectivity index (χ0v) is 9.13. The molecule has 1 aromatic carbocycles. The number of aromatic nitrogens is 1. The van der Waals surface area contributed by atoms with Crippen molar-refractivity contribution in [2.24, 2.45) is 0 Å². The standard InChI is InChI=1S/C11H7Cl2NO/c12-7-3-1-4-8(13)10(7)11-9(15)5-2-6-14-11/h1-6,15H. The van der Waals surface area contributed by atoms with Crippen LogP contribution in [0.2, 0.25) is 10.0 Å². The molecule has 0 bridgehead atoms. The van der Waals surface area contributed by atoms with Crippen LogP contribution in [0.15, 0.2) is 36.5 Å². The summed E-state index contributed by atoms with van der Waals surface area (Å²) in [6, 6.07) is 8.34. The number of aromatic hydroxyl groups is 1. The predicted molar refractivity (Wildman–Crippen MR) is 61.4 cm³/mol. The van der Waals surface area contributed by atoms with Crippen LogP contribution in [0.1, 0.15) is 0 Å². The Labute approximate surface area is 97.1 Å². The van der Waals surface area contributed by atoms with Crippen LogP contribution in [0.3, 0.4) is 0 Å². The SMILES string of the molecule is Oc1cccnc1-c1c(Cl)cccc1Cl. The molecule has 1 N–H and O–H groups in total. The third-order valence-corrected chi connectivity index (χ3v) is 2.62. The van der Waals surface area contributed by atoms with Gasteiger partial charge in [-0.25, -0.2) is 0 Å². The molecule has 2 nitrogen and oxygen atoms in total. The molecular weight excluding hydrogens is 233 g/mol. The maximum atomic E-state index is 9.63. The fourth-order valence-electron chi connectivity index (χ4n) is 1.31. The Bertz CT molecular complexity index is 479. The highest BCUT2D eigenvalue weighted by Gasteiger charge is 2.12. The topological polar surface area (TPSA) is 33.1 Å². The zero-order valence-electron chi connectivity index (χ0n) is 7.61. The lowest BCUT2D eigenvalue weighted by Gasteiger charge is -2.07. The normalized spacial score (nSPS) is 10.3. The van der Waals surface area contributed by atoms with E-state index < -0.39 is 0 Å². The zero-order chi connectivity index (χ0) is 10.8. The maximum Gasteiger partial charge on any atom is 0.141 e. The fraction of sp³-hybridized carbons (Fsp3) is 0. The minimum absolute atomic E-state index is 0.0625. The molecule has 1 aromatic heterocycles. The minimum atomic E-state index is 0.0625. The number of pyridine rings is 1. The van der Waals surface area contributed by atoms with Crippen LogP contribution in [0, 0.1) is 0 Å². The molecule has 0 aliphatic heterocycles. The smallest absolute Gasteiger partial charge is 0.141 e. The molecule has 2 rings (SSSR count). The summed E-state index contributed by atoms with van der Waals surface area (Å²) >= 11 is 12.0. The molecule has 1 heterocycles. The molecule has 15 heavy (non-hydrogen) atoms. The maximum absolute atomic E-state index is 9.63. The van der Waals surface area contributed by atoms with Gasteiger partial charge in [-0.05, 0) is 24.3 Å². The monoisotopic (exact) mass is 239 g/mol. The van der Waals surface area contributed by atoms with Crippen molar-refractivity contribution >= 4 is 23.2 Å². The summed E-state index contributed by atoms with van der Waals surface area (Å²) in [7, 11) is 0.